The number of amides is 2. The third-order valence-electron chi connectivity index (χ3n) is 4.52. The minimum Gasteiger partial charge on any atom is -0.376 e. The van der Waals surface area contributed by atoms with Crippen LogP contribution in [0, 0.1) is 0 Å². The normalized spacial score (nSPS) is 22.3. The predicted molar refractivity (Wildman–Crippen MR) is 90.7 cm³/mol. The molecular weight excluding hydrogens is 314 g/mol. The van der Waals surface area contributed by atoms with Crippen molar-refractivity contribution in [2.45, 2.75) is 25.5 Å². The average molecular weight is 338 g/mol. The molecule has 5 nitrogen and oxygen atoms in total. The summed E-state index contributed by atoms with van der Waals surface area (Å²) < 4.78 is 5.53. The number of nitrogens with zero attached hydrogens (tertiary/aromatic N) is 2. The zero-order valence-electron chi connectivity index (χ0n) is 13.3. The standard InChI is InChI=1S/C17H24ClN3O2/c18-16-6-2-1-4-14(16)13-20-7-9-21(10-8-20)17(22)19-12-15-5-3-11-23-15/h1-2,4,6,15H,3,5,7-13H2,(H,19,22). The van der Waals surface area contributed by atoms with Crippen LogP contribution in [-0.4, -0.2) is 61.3 Å². The van der Waals surface area contributed by atoms with Crippen molar-refractivity contribution in [2.24, 2.45) is 0 Å². The number of urea groups is 1. The summed E-state index contributed by atoms with van der Waals surface area (Å²) in [4.78, 5) is 16.4. The van der Waals surface area contributed by atoms with Gasteiger partial charge in [-0.2, -0.15) is 0 Å². The van der Waals surface area contributed by atoms with Gasteiger partial charge in [-0.15, -0.1) is 0 Å². The minimum atomic E-state index is 0.0258. The zero-order valence-corrected chi connectivity index (χ0v) is 14.1. The van der Waals surface area contributed by atoms with Gasteiger partial charge in [-0.3, -0.25) is 4.90 Å². The van der Waals surface area contributed by atoms with Gasteiger partial charge in [0, 0.05) is 50.9 Å². The Morgan fingerprint density at radius 2 is 2.04 bits per heavy atom. The van der Waals surface area contributed by atoms with Gasteiger partial charge in [-0.1, -0.05) is 29.8 Å². The van der Waals surface area contributed by atoms with Crippen LogP contribution in [0.3, 0.4) is 0 Å². The van der Waals surface area contributed by atoms with E-state index < -0.39 is 0 Å². The molecule has 1 aromatic carbocycles. The van der Waals surface area contributed by atoms with Crippen molar-refractivity contribution in [2.75, 3.05) is 39.3 Å². The van der Waals surface area contributed by atoms with Gasteiger partial charge < -0.3 is 15.0 Å². The SMILES string of the molecule is O=C(NCC1CCCO1)N1CCN(Cc2ccccc2Cl)CC1. The highest BCUT2D eigenvalue weighted by Crippen LogP contribution is 2.18. The summed E-state index contributed by atoms with van der Waals surface area (Å²) >= 11 is 6.21. The molecule has 2 heterocycles. The first-order valence-corrected chi connectivity index (χ1v) is 8.70. The molecule has 2 amide bonds. The second-order valence-corrected chi connectivity index (χ2v) is 6.58. The molecule has 0 bridgehead atoms. The second kappa shape index (κ2) is 7.99. The summed E-state index contributed by atoms with van der Waals surface area (Å²) in [5.74, 6) is 0. The van der Waals surface area contributed by atoms with Gasteiger partial charge >= 0.3 is 6.03 Å². The monoisotopic (exact) mass is 337 g/mol. The van der Waals surface area contributed by atoms with Crippen LogP contribution in [-0.2, 0) is 11.3 Å². The molecule has 1 atom stereocenters. The third kappa shape index (κ3) is 4.59. The van der Waals surface area contributed by atoms with E-state index in [4.69, 9.17) is 16.3 Å². The molecule has 0 radical (unpaired) electrons. The Hall–Kier alpha value is -1.30. The summed E-state index contributed by atoms with van der Waals surface area (Å²) in [6.45, 7) is 5.53. The van der Waals surface area contributed by atoms with Crippen molar-refractivity contribution in [3.05, 3.63) is 34.9 Å². The van der Waals surface area contributed by atoms with Crippen LogP contribution in [0.25, 0.3) is 0 Å². The summed E-state index contributed by atoms with van der Waals surface area (Å²) in [5, 5.41) is 3.80. The van der Waals surface area contributed by atoms with E-state index in [0.29, 0.717) is 6.54 Å². The fraction of sp³-hybridized carbons (Fsp3) is 0.588. The minimum absolute atomic E-state index is 0.0258. The molecule has 0 saturated carbocycles. The molecule has 2 aliphatic heterocycles. The largest absolute Gasteiger partial charge is 0.376 e. The fourth-order valence-electron chi connectivity index (χ4n) is 3.09. The Kier molecular flexibility index (Phi) is 5.75. The third-order valence-corrected chi connectivity index (χ3v) is 4.88. The smallest absolute Gasteiger partial charge is 0.317 e. The molecule has 1 aromatic rings. The molecule has 2 saturated heterocycles. The number of carbonyl (C=O) groups excluding carboxylic acids is 1. The lowest BCUT2D eigenvalue weighted by Gasteiger charge is -2.35. The molecule has 3 rings (SSSR count). The average Bonchev–Trinajstić information content (AvgIpc) is 3.09. The van der Waals surface area contributed by atoms with Crippen molar-refractivity contribution >= 4 is 17.6 Å². The molecule has 0 spiro atoms. The van der Waals surface area contributed by atoms with Crippen LogP contribution in [0.15, 0.2) is 24.3 Å². The van der Waals surface area contributed by atoms with Crippen LogP contribution < -0.4 is 5.32 Å². The number of piperazine rings is 1. The zero-order chi connectivity index (χ0) is 16.1. The van der Waals surface area contributed by atoms with E-state index in [1.807, 2.05) is 23.1 Å². The number of benzene rings is 1. The highest BCUT2D eigenvalue weighted by molar-refractivity contribution is 6.31. The summed E-state index contributed by atoms with van der Waals surface area (Å²) in [7, 11) is 0. The second-order valence-electron chi connectivity index (χ2n) is 6.18. The Balaban J connectivity index is 1.41. The molecular formula is C17H24ClN3O2. The van der Waals surface area contributed by atoms with E-state index >= 15 is 0 Å². The Bertz CT molecular complexity index is 526. The van der Waals surface area contributed by atoms with Gasteiger partial charge in [-0.05, 0) is 24.5 Å². The van der Waals surface area contributed by atoms with Crippen LogP contribution in [0.4, 0.5) is 4.79 Å². The molecule has 0 aromatic heterocycles. The molecule has 1 unspecified atom stereocenters. The lowest BCUT2D eigenvalue weighted by molar-refractivity contribution is 0.104. The van der Waals surface area contributed by atoms with Gasteiger partial charge in [0.1, 0.15) is 0 Å². The van der Waals surface area contributed by atoms with Gasteiger partial charge in [-0.25, -0.2) is 4.79 Å². The molecule has 1 N–H and O–H groups in total. The van der Waals surface area contributed by atoms with Gasteiger partial charge in [0.2, 0.25) is 0 Å². The number of hydrogen-bond acceptors (Lipinski definition) is 3. The summed E-state index contributed by atoms with van der Waals surface area (Å²) in [6, 6.07) is 7.96. The van der Waals surface area contributed by atoms with Crippen LogP contribution in [0.1, 0.15) is 18.4 Å². The van der Waals surface area contributed by atoms with E-state index in [-0.39, 0.29) is 12.1 Å². The first kappa shape index (κ1) is 16.6. The first-order valence-electron chi connectivity index (χ1n) is 8.32. The highest BCUT2D eigenvalue weighted by atomic mass is 35.5. The molecule has 2 aliphatic rings. The number of carbonyl (C=O) groups is 1. The Morgan fingerprint density at radius 3 is 2.74 bits per heavy atom. The molecule has 0 aliphatic carbocycles. The van der Waals surface area contributed by atoms with Gasteiger partial charge in [0.15, 0.2) is 0 Å². The summed E-state index contributed by atoms with van der Waals surface area (Å²) in [5.41, 5.74) is 1.14. The van der Waals surface area contributed by atoms with E-state index in [2.05, 4.69) is 16.3 Å². The summed E-state index contributed by atoms with van der Waals surface area (Å²) in [6.07, 6.45) is 2.34. The van der Waals surface area contributed by atoms with Crippen LogP contribution in [0.2, 0.25) is 5.02 Å². The Labute approximate surface area is 142 Å². The number of nitrogens with one attached hydrogen (secondary N) is 1. The number of halogens is 1. The van der Waals surface area contributed by atoms with Crippen molar-refractivity contribution in [3.63, 3.8) is 0 Å². The van der Waals surface area contributed by atoms with Crippen LogP contribution in [0.5, 0.6) is 0 Å². The maximum atomic E-state index is 12.2. The van der Waals surface area contributed by atoms with Crippen molar-refractivity contribution in [1.29, 1.82) is 0 Å². The number of rotatable bonds is 4. The van der Waals surface area contributed by atoms with Gasteiger partial charge in [0.25, 0.3) is 0 Å². The Morgan fingerprint density at radius 1 is 1.26 bits per heavy atom. The highest BCUT2D eigenvalue weighted by Gasteiger charge is 2.23. The predicted octanol–water partition coefficient (Wildman–Crippen LogP) is 2.35. The molecule has 126 valence electrons. The van der Waals surface area contributed by atoms with Crippen molar-refractivity contribution in [3.8, 4) is 0 Å². The van der Waals surface area contributed by atoms with E-state index in [9.17, 15) is 4.79 Å². The van der Waals surface area contributed by atoms with Crippen molar-refractivity contribution < 1.29 is 9.53 Å². The van der Waals surface area contributed by atoms with E-state index in [0.717, 1.165) is 62.8 Å². The maximum absolute atomic E-state index is 12.2. The topological polar surface area (TPSA) is 44.8 Å². The van der Waals surface area contributed by atoms with E-state index in [1.54, 1.807) is 0 Å². The van der Waals surface area contributed by atoms with Gasteiger partial charge in [0.05, 0.1) is 6.10 Å². The molecule has 23 heavy (non-hydrogen) atoms. The number of hydrogen-bond donors (Lipinski definition) is 1. The maximum Gasteiger partial charge on any atom is 0.317 e. The quantitative estimate of drug-likeness (QED) is 0.917. The lowest BCUT2D eigenvalue weighted by atomic mass is 10.2. The first-order chi connectivity index (χ1) is 11.2. The van der Waals surface area contributed by atoms with E-state index in [1.165, 1.54) is 0 Å². The van der Waals surface area contributed by atoms with Crippen molar-refractivity contribution in [1.82, 2.24) is 15.1 Å². The molecule has 2 fully saturated rings. The molecule has 6 heteroatoms. The fourth-order valence-corrected chi connectivity index (χ4v) is 3.29. The number of ether oxygens (including phenoxy) is 1. The lowest BCUT2D eigenvalue weighted by Crippen LogP contribution is -2.52. The van der Waals surface area contributed by atoms with Crippen LogP contribution >= 0.6 is 11.6 Å².